The van der Waals surface area contributed by atoms with E-state index >= 15 is 0 Å². The van der Waals surface area contributed by atoms with Gasteiger partial charge in [-0.25, -0.2) is 0 Å². The van der Waals surface area contributed by atoms with Crippen molar-refractivity contribution in [1.29, 1.82) is 0 Å². The van der Waals surface area contributed by atoms with Crippen LogP contribution in [0.25, 0.3) is 10.8 Å². The van der Waals surface area contributed by atoms with E-state index in [0.717, 1.165) is 29.2 Å². The van der Waals surface area contributed by atoms with Crippen molar-refractivity contribution >= 4 is 16.7 Å². The van der Waals surface area contributed by atoms with Gasteiger partial charge in [0.25, 0.3) is 5.91 Å². The zero-order valence-corrected chi connectivity index (χ0v) is 11.8. The number of hydrogen-bond donors (Lipinski definition) is 1. The molecule has 1 N–H and O–H groups in total. The largest absolute Gasteiger partial charge is 0.349 e. The molecule has 2 nitrogen and oxygen atoms in total. The monoisotopic (exact) mass is 267 g/mol. The maximum Gasteiger partial charge on any atom is 0.252 e. The average Bonchev–Trinajstić information content (AvgIpc) is 2.75. The van der Waals surface area contributed by atoms with Crippen LogP contribution in [0.15, 0.2) is 42.5 Å². The number of carbonyl (C=O) groups is 1. The topological polar surface area (TPSA) is 29.1 Å². The van der Waals surface area contributed by atoms with Gasteiger partial charge in [0.15, 0.2) is 0 Å². The summed E-state index contributed by atoms with van der Waals surface area (Å²) in [7, 11) is 0. The van der Waals surface area contributed by atoms with Crippen molar-refractivity contribution in [3.63, 3.8) is 0 Å². The maximum absolute atomic E-state index is 12.5. The van der Waals surface area contributed by atoms with Gasteiger partial charge in [0.2, 0.25) is 0 Å². The fraction of sp³-hybridized carbons (Fsp3) is 0.389. The van der Waals surface area contributed by atoms with Crippen LogP contribution in [0.3, 0.4) is 0 Å². The van der Waals surface area contributed by atoms with Crippen molar-refractivity contribution < 1.29 is 4.79 Å². The van der Waals surface area contributed by atoms with Crippen LogP contribution in [-0.4, -0.2) is 11.9 Å². The molecule has 0 aromatic heterocycles. The molecule has 1 amide bonds. The molecule has 2 aromatic rings. The number of amides is 1. The van der Waals surface area contributed by atoms with Crippen molar-refractivity contribution in [2.24, 2.45) is 0 Å². The summed E-state index contributed by atoms with van der Waals surface area (Å²) in [6.07, 6.45) is 7.33. The van der Waals surface area contributed by atoms with Gasteiger partial charge < -0.3 is 5.32 Å². The average molecular weight is 267 g/mol. The Morgan fingerprint density at radius 3 is 2.40 bits per heavy atom. The van der Waals surface area contributed by atoms with Gasteiger partial charge in [-0.05, 0) is 29.7 Å². The van der Waals surface area contributed by atoms with Crippen LogP contribution in [0, 0.1) is 0 Å². The predicted octanol–water partition coefficient (Wildman–Crippen LogP) is 4.29. The molecule has 1 aliphatic carbocycles. The van der Waals surface area contributed by atoms with Crippen molar-refractivity contribution in [2.45, 2.75) is 44.6 Å². The van der Waals surface area contributed by atoms with Crippen molar-refractivity contribution in [1.82, 2.24) is 5.32 Å². The zero-order valence-electron chi connectivity index (χ0n) is 11.8. The summed E-state index contributed by atoms with van der Waals surface area (Å²) >= 11 is 0. The lowest BCUT2D eigenvalue weighted by Crippen LogP contribution is -2.34. The molecule has 0 radical (unpaired) electrons. The van der Waals surface area contributed by atoms with Gasteiger partial charge in [0.1, 0.15) is 0 Å². The summed E-state index contributed by atoms with van der Waals surface area (Å²) < 4.78 is 0. The molecular weight excluding hydrogens is 246 g/mol. The van der Waals surface area contributed by atoms with E-state index in [2.05, 4.69) is 17.4 Å². The third kappa shape index (κ3) is 2.84. The normalized spacial score (nSPS) is 16.8. The molecule has 2 aromatic carbocycles. The van der Waals surface area contributed by atoms with Crippen LogP contribution in [0.5, 0.6) is 0 Å². The number of rotatable bonds is 2. The number of benzene rings is 2. The van der Waals surface area contributed by atoms with Crippen molar-refractivity contribution in [3.8, 4) is 0 Å². The first-order valence-electron chi connectivity index (χ1n) is 7.63. The fourth-order valence-corrected chi connectivity index (χ4v) is 3.11. The highest BCUT2D eigenvalue weighted by molar-refractivity contribution is 6.07. The maximum atomic E-state index is 12.5. The highest BCUT2D eigenvalue weighted by Gasteiger charge is 2.16. The van der Waals surface area contributed by atoms with Gasteiger partial charge in [0, 0.05) is 11.6 Å². The number of carbonyl (C=O) groups excluding carboxylic acids is 1. The van der Waals surface area contributed by atoms with Gasteiger partial charge in [0.05, 0.1) is 0 Å². The molecule has 1 saturated carbocycles. The van der Waals surface area contributed by atoms with Crippen LogP contribution >= 0.6 is 0 Å². The van der Waals surface area contributed by atoms with Gasteiger partial charge >= 0.3 is 0 Å². The smallest absolute Gasteiger partial charge is 0.252 e. The second-order valence-electron chi connectivity index (χ2n) is 5.69. The van der Waals surface area contributed by atoms with E-state index in [1.54, 1.807) is 0 Å². The van der Waals surface area contributed by atoms with E-state index < -0.39 is 0 Å². The first kappa shape index (κ1) is 13.2. The summed E-state index contributed by atoms with van der Waals surface area (Å²) in [4.78, 5) is 12.5. The molecule has 0 atom stereocenters. The fourth-order valence-electron chi connectivity index (χ4n) is 3.11. The lowest BCUT2D eigenvalue weighted by Gasteiger charge is -2.17. The molecule has 0 bridgehead atoms. The number of hydrogen-bond acceptors (Lipinski definition) is 1. The second-order valence-corrected chi connectivity index (χ2v) is 5.69. The Kier molecular flexibility index (Phi) is 4.00. The SMILES string of the molecule is O=C(NC1CCCCCC1)c1cccc2ccccc12. The van der Waals surface area contributed by atoms with E-state index in [1.807, 2.05) is 30.3 Å². The molecule has 0 spiro atoms. The Labute approximate surface area is 120 Å². The molecule has 3 rings (SSSR count). The molecular formula is C18H21NO. The van der Waals surface area contributed by atoms with Crippen LogP contribution < -0.4 is 5.32 Å². The first-order chi connectivity index (χ1) is 9.84. The molecule has 0 heterocycles. The standard InChI is InChI=1S/C18H21NO/c20-18(19-15-10-3-1-2-4-11-15)17-13-7-9-14-8-5-6-12-16(14)17/h5-9,12-13,15H,1-4,10-11H2,(H,19,20). The van der Waals surface area contributed by atoms with E-state index in [9.17, 15) is 4.79 Å². The minimum absolute atomic E-state index is 0.0775. The predicted molar refractivity (Wildman–Crippen MR) is 82.9 cm³/mol. The van der Waals surface area contributed by atoms with E-state index in [-0.39, 0.29) is 5.91 Å². The van der Waals surface area contributed by atoms with Crippen LogP contribution in [0.4, 0.5) is 0 Å². The van der Waals surface area contributed by atoms with E-state index in [1.165, 1.54) is 25.7 Å². The minimum Gasteiger partial charge on any atom is -0.349 e. The van der Waals surface area contributed by atoms with Gasteiger partial charge in [-0.3, -0.25) is 4.79 Å². The summed E-state index contributed by atoms with van der Waals surface area (Å²) in [6.45, 7) is 0. The molecule has 1 fully saturated rings. The van der Waals surface area contributed by atoms with E-state index in [4.69, 9.17) is 0 Å². The van der Waals surface area contributed by atoms with Crippen LogP contribution in [-0.2, 0) is 0 Å². The highest BCUT2D eigenvalue weighted by atomic mass is 16.1. The Balaban J connectivity index is 1.81. The lowest BCUT2D eigenvalue weighted by atomic mass is 10.0. The third-order valence-electron chi connectivity index (χ3n) is 4.22. The van der Waals surface area contributed by atoms with Crippen LogP contribution in [0.1, 0.15) is 48.9 Å². The third-order valence-corrected chi connectivity index (χ3v) is 4.22. The van der Waals surface area contributed by atoms with E-state index in [0.29, 0.717) is 6.04 Å². The molecule has 0 saturated heterocycles. The Bertz CT molecular complexity index is 592. The first-order valence-corrected chi connectivity index (χ1v) is 7.63. The highest BCUT2D eigenvalue weighted by Crippen LogP contribution is 2.21. The second kappa shape index (κ2) is 6.08. The summed E-state index contributed by atoms with van der Waals surface area (Å²) in [5.74, 6) is 0.0775. The molecule has 104 valence electrons. The Hall–Kier alpha value is -1.83. The summed E-state index contributed by atoms with van der Waals surface area (Å²) in [5.41, 5.74) is 0.798. The molecule has 1 aliphatic rings. The van der Waals surface area contributed by atoms with Crippen LogP contribution in [0.2, 0.25) is 0 Å². The molecule has 0 aliphatic heterocycles. The van der Waals surface area contributed by atoms with Gasteiger partial charge in [-0.1, -0.05) is 62.1 Å². The van der Waals surface area contributed by atoms with Gasteiger partial charge in [-0.15, -0.1) is 0 Å². The molecule has 2 heteroatoms. The van der Waals surface area contributed by atoms with Crippen molar-refractivity contribution in [3.05, 3.63) is 48.0 Å². The lowest BCUT2D eigenvalue weighted by molar-refractivity contribution is 0.0935. The van der Waals surface area contributed by atoms with Gasteiger partial charge in [-0.2, -0.15) is 0 Å². The molecule has 0 unspecified atom stereocenters. The Morgan fingerprint density at radius 1 is 0.900 bits per heavy atom. The van der Waals surface area contributed by atoms with Crippen molar-refractivity contribution in [2.75, 3.05) is 0 Å². The number of nitrogens with one attached hydrogen (secondary N) is 1. The Morgan fingerprint density at radius 2 is 1.60 bits per heavy atom. The quantitative estimate of drug-likeness (QED) is 0.808. The molecule has 20 heavy (non-hydrogen) atoms. The summed E-state index contributed by atoms with van der Waals surface area (Å²) in [5, 5.41) is 5.40. The summed E-state index contributed by atoms with van der Waals surface area (Å²) in [6, 6.07) is 14.4. The zero-order chi connectivity index (χ0) is 13.8. The number of fused-ring (bicyclic) bond motifs is 1. The minimum atomic E-state index is 0.0775.